The van der Waals surface area contributed by atoms with Gasteiger partial charge in [-0.05, 0) is 12.1 Å². The first-order chi connectivity index (χ1) is 7.24. The Balaban J connectivity index is 0.00000128. The first-order valence-corrected chi connectivity index (χ1v) is 4.45. The van der Waals surface area contributed by atoms with E-state index in [1.165, 1.54) is 6.20 Å². The molecule has 86 valence electrons. The maximum absolute atomic E-state index is 9.29. The predicted octanol–water partition coefficient (Wildman–Crippen LogP) is 2.38. The standard InChI is InChI=1S/C11H11NO3.ClH/c1-14-10-4-7-3-8(13)6-12-9(7)5-11(10)15-2;/h3-6,13H,1-2H3;1H. The van der Waals surface area contributed by atoms with E-state index >= 15 is 0 Å². The topological polar surface area (TPSA) is 51.6 Å². The van der Waals surface area contributed by atoms with Gasteiger partial charge in [-0.25, -0.2) is 0 Å². The molecule has 0 bridgehead atoms. The first-order valence-electron chi connectivity index (χ1n) is 4.45. The molecule has 1 aromatic carbocycles. The first kappa shape index (κ1) is 12.4. The Bertz CT molecular complexity index is 502. The number of aromatic hydroxyl groups is 1. The van der Waals surface area contributed by atoms with E-state index in [2.05, 4.69) is 4.98 Å². The number of halogens is 1. The second kappa shape index (κ2) is 4.90. The molecule has 0 fully saturated rings. The summed E-state index contributed by atoms with van der Waals surface area (Å²) in [5.74, 6) is 1.38. The fourth-order valence-electron chi connectivity index (χ4n) is 1.44. The molecule has 0 amide bonds. The van der Waals surface area contributed by atoms with Crippen molar-refractivity contribution in [3.05, 3.63) is 24.4 Å². The van der Waals surface area contributed by atoms with Gasteiger partial charge in [0.2, 0.25) is 0 Å². The number of ether oxygens (including phenoxy) is 2. The Morgan fingerprint density at radius 1 is 1.06 bits per heavy atom. The minimum Gasteiger partial charge on any atom is -0.506 e. The molecule has 0 atom stereocenters. The molecule has 5 heteroatoms. The summed E-state index contributed by atoms with van der Waals surface area (Å²) >= 11 is 0. The summed E-state index contributed by atoms with van der Waals surface area (Å²) in [6.07, 6.45) is 1.40. The molecule has 0 aliphatic heterocycles. The van der Waals surface area contributed by atoms with E-state index in [9.17, 15) is 5.11 Å². The number of hydrogen-bond acceptors (Lipinski definition) is 4. The highest BCUT2D eigenvalue weighted by Gasteiger charge is 2.06. The molecule has 0 radical (unpaired) electrons. The van der Waals surface area contributed by atoms with Crippen LogP contribution in [0.4, 0.5) is 0 Å². The van der Waals surface area contributed by atoms with Crippen LogP contribution < -0.4 is 9.47 Å². The van der Waals surface area contributed by atoms with Crippen LogP contribution >= 0.6 is 12.4 Å². The molecule has 0 unspecified atom stereocenters. The lowest BCUT2D eigenvalue weighted by Crippen LogP contribution is -1.91. The monoisotopic (exact) mass is 241 g/mol. The van der Waals surface area contributed by atoms with E-state index in [-0.39, 0.29) is 18.2 Å². The highest BCUT2D eigenvalue weighted by Crippen LogP contribution is 2.32. The van der Waals surface area contributed by atoms with E-state index in [1.807, 2.05) is 0 Å². The molecule has 0 spiro atoms. The predicted molar refractivity (Wildman–Crippen MR) is 63.8 cm³/mol. The van der Waals surface area contributed by atoms with Gasteiger partial charge in [-0.1, -0.05) is 0 Å². The van der Waals surface area contributed by atoms with Crippen molar-refractivity contribution in [2.75, 3.05) is 14.2 Å². The second-order valence-corrected chi connectivity index (χ2v) is 3.09. The molecule has 1 aromatic heterocycles. The Kier molecular flexibility index (Phi) is 3.79. The maximum atomic E-state index is 9.29. The lowest BCUT2D eigenvalue weighted by molar-refractivity contribution is 0.355. The number of fused-ring (bicyclic) bond motifs is 1. The molecule has 4 nitrogen and oxygen atoms in total. The van der Waals surface area contributed by atoms with Crippen molar-refractivity contribution >= 4 is 23.3 Å². The van der Waals surface area contributed by atoms with E-state index in [4.69, 9.17) is 9.47 Å². The molecule has 1 N–H and O–H groups in total. The van der Waals surface area contributed by atoms with Crippen molar-refractivity contribution in [2.24, 2.45) is 0 Å². The number of aromatic nitrogens is 1. The van der Waals surface area contributed by atoms with Crippen LogP contribution in [0.3, 0.4) is 0 Å². The van der Waals surface area contributed by atoms with Crippen LogP contribution in [0.15, 0.2) is 24.4 Å². The molecule has 1 heterocycles. The van der Waals surface area contributed by atoms with E-state index in [0.29, 0.717) is 11.5 Å². The van der Waals surface area contributed by atoms with Crippen LogP contribution in [-0.4, -0.2) is 24.3 Å². The van der Waals surface area contributed by atoms with Gasteiger partial charge in [0.15, 0.2) is 11.5 Å². The molecule has 2 rings (SSSR count). The average molecular weight is 242 g/mol. The van der Waals surface area contributed by atoms with Crippen molar-refractivity contribution in [1.82, 2.24) is 4.98 Å². The highest BCUT2D eigenvalue weighted by atomic mass is 35.5. The molecule has 0 aliphatic rings. The third-order valence-corrected chi connectivity index (χ3v) is 2.17. The maximum Gasteiger partial charge on any atom is 0.162 e. The van der Waals surface area contributed by atoms with Crippen LogP contribution in [0.25, 0.3) is 10.9 Å². The van der Waals surface area contributed by atoms with Crippen LogP contribution in [0.2, 0.25) is 0 Å². The van der Waals surface area contributed by atoms with Crippen LogP contribution in [0.1, 0.15) is 0 Å². The normalized spacial score (nSPS) is 9.62. The van der Waals surface area contributed by atoms with Gasteiger partial charge in [-0.3, -0.25) is 4.98 Å². The van der Waals surface area contributed by atoms with E-state index in [1.54, 1.807) is 32.4 Å². The number of benzene rings is 1. The zero-order valence-corrected chi connectivity index (χ0v) is 9.75. The van der Waals surface area contributed by atoms with Crippen molar-refractivity contribution in [1.29, 1.82) is 0 Å². The van der Waals surface area contributed by atoms with Gasteiger partial charge in [0.25, 0.3) is 0 Å². The minimum absolute atomic E-state index is 0. The Morgan fingerprint density at radius 2 is 1.69 bits per heavy atom. The summed E-state index contributed by atoms with van der Waals surface area (Å²) < 4.78 is 10.3. The molecular formula is C11H12ClNO3. The molecule has 16 heavy (non-hydrogen) atoms. The Hall–Kier alpha value is -1.68. The van der Waals surface area contributed by atoms with Crippen LogP contribution in [-0.2, 0) is 0 Å². The van der Waals surface area contributed by atoms with Crippen molar-refractivity contribution in [3.63, 3.8) is 0 Å². The SMILES string of the molecule is COc1cc2cc(O)cnc2cc1OC.Cl. The smallest absolute Gasteiger partial charge is 0.162 e. The molecule has 0 saturated heterocycles. The summed E-state index contributed by atoms with van der Waals surface area (Å²) in [5, 5.41) is 10.1. The van der Waals surface area contributed by atoms with Gasteiger partial charge >= 0.3 is 0 Å². The fourth-order valence-corrected chi connectivity index (χ4v) is 1.44. The number of nitrogens with zero attached hydrogens (tertiary/aromatic N) is 1. The van der Waals surface area contributed by atoms with Crippen LogP contribution in [0, 0.1) is 0 Å². The highest BCUT2D eigenvalue weighted by molar-refractivity contribution is 5.85. The van der Waals surface area contributed by atoms with Gasteiger partial charge < -0.3 is 14.6 Å². The second-order valence-electron chi connectivity index (χ2n) is 3.09. The van der Waals surface area contributed by atoms with Gasteiger partial charge in [0.1, 0.15) is 5.75 Å². The van der Waals surface area contributed by atoms with Gasteiger partial charge in [-0.15, -0.1) is 12.4 Å². The zero-order chi connectivity index (χ0) is 10.8. The zero-order valence-electron chi connectivity index (χ0n) is 8.93. The van der Waals surface area contributed by atoms with Crippen molar-refractivity contribution < 1.29 is 14.6 Å². The summed E-state index contributed by atoms with van der Waals surface area (Å²) in [6.45, 7) is 0. The molecule has 0 aliphatic carbocycles. The third-order valence-electron chi connectivity index (χ3n) is 2.17. The minimum atomic E-state index is 0. The lowest BCUT2D eigenvalue weighted by Gasteiger charge is -2.08. The number of pyridine rings is 1. The van der Waals surface area contributed by atoms with Gasteiger partial charge in [0, 0.05) is 11.5 Å². The summed E-state index contributed by atoms with van der Waals surface area (Å²) in [4.78, 5) is 4.08. The number of rotatable bonds is 2. The quantitative estimate of drug-likeness (QED) is 0.877. The summed E-state index contributed by atoms with van der Waals surface area (Å²) in [6, 6.07) is 5.18. The van der Waals surface area contributed by atoms with Crippen LogP contribution in [0.5, 0.6) is 17.2 Å². The van der Waals surface area contributed by atoms with E-state index < -0.39 is 0 Å². The summed E-state index contributed by atoms with van der Waals surface area (Å²) in [5.41, 5.74) is 0.755. The average Bonchev–Trinajstić information content (AvgIpc) is 2.27. The fraction of sp³-hybridized carbons (Fsp3) is 0.182. The number of hydrogen-bond donors (Lipinski definition) is 1. The van der Waals surface area contributed by atoms with Gasteiger partial charge in [-0.2, -0.15) is 0 Å². The summed E-state index contributed by atoms with van der Waals surface area (Å²) in [7, 11) is 3.14. The Labute approximate surface area is 99.2 Å². The van der Waals surface area contributed by atoms with Gasteiger partial charge in [0.05, 0.1) is 25.9 Å². The van der Waals surface area contributed by atoms with Crippen molar-refractivity contribution in [2.45, 2.75) is 0 Å². The Morgan fingerprint density at radius 3 is 2.31 bits per heavy atom. The lowest BCUT2D eigenvalue weighted by atomic mass is 10.2. The largest absolute Gasteiger partial charge is 0.506 e. The number of methoxy groups -OCH3 is 2. The van der Waals surface area contributed by atoms with E-state index in [0.717, 1.165) is 10.9 Å². The molecular weight excluding hydrogens is 230 g/mol. The molecule has 2 aromatic rings. The third kappa shape index (κ3) is 2.12. The molecule has 0 saturated carbocycles. The van der Waals surface area contributed by atoms with Crippen molar-refractivity contribution in [3.8, 4) is 17.2 Å².